The Bertz CT molecular complexity index is 250. The molecule has 4 nitrogen and oxygen atoms in total. The van der Waals surface area contributed by atoms with Gasteiger partial charge in [-0.1, -0.05) is 25.9 Å². The molecule has 0 aliphatic rings. The first-order valence-electron chi connectivity index (χ1n) is 3.93. The second-order valence-electron chi connectivity index (χ2n) is 4.00. The average molecular weight is 170 g/mol. The number of aliphatic hydroxyl groups is 1. The zero-order valence-electron chi connectivity index (χ0n) is 7.66. The van der Waals surface area contributed by atoms with Gasteiger partial charge in [-0.3, -0.25) is 0 Å². The minimum Gasteiger partial charge on any atom is -0.388 e. The maximum absolute atomic E-state index is 8.66. The summed E-state index contributed by atoms with van der Waals surface area (Å²) in [5.74, 6) is 0.945. The molecule has 0 aliphatic heterocycles. The molecule has 12 heavy (non-hydrogen) atoms. The molecule has 1 heterocycles. The van der Waals surface area contributed by atoms with Crippen molar-refractivity contribution >= 4 is 0 Å². The van der Waals surface area contributed by atoms with Gasteiger partial charge in [-0.25, -0.2) is 0 Å². The van der Waals surface area contributed by atoms with Crippen LogP contribution in [0, 0.1) is 5.41 Å². The average Bonchev–Trinajstić information content (AvgIpc) is 2.32. The van der Waals surface area contributed by atoms with Gasteiger partial charge in [0, 0.05) is 6.42 Å². The van der Waals surface area contributed by atoms with Crippen molar-refractivity contribution in [1.29, 1.82) is 0 Å². The van der Waals surface area contributed by atoms with Crippen molar-refractivity contribution in [3.63, 3.8) is 0 Å². The lowest BCUT2D eigenvalue weighted by Gasteiger charge is -2.13. The SMILES string of the molecule is CC(C)(C)Cc1nc(CO)no1. The van der Waals surface area contributed by atoms with Crippen molar-refractivity contribution in [2.75, 3.05) is 0 Å². The first-order valence-corrected chi connectivity index (χ1v) is 3.93. The van der Waals surface area contributed by atoms with Gasteiger partial charge in [-0.2, -0.15) is 4.98 Å². The summed E-state index contributed by atoms with van der Waals surface area (Å²) in [5, 5.41) is 12.2. The Kier molecular flexibility index (Phi) is 2.47. The van der Waals surface area contributed by atoms with Gasteiger partial charge in [-0.15, -0.1) is 0 Å². The molecule has 0 aromatic carbocycles. The number of aliphatic hydroxyl groups excluding tert-OH is 1. The zero-order chi connectivity index (χ0) is 9.19. The molecule has 0 spiro atoms. The summed E-state index contributed by atoms with van der Waals surface area (Å²) in [6.07, 6.45) is 0.736. The fourth-order valence-electron chi connectivity index (χ4n) is 0.880. The van der Waals surface area contributed by atoms with Crippen LogP contribution in [0.15, 0.2) is 4.52 Å². The molecule has 0 saturated heterocycles. The summed E-state index contributed by atoms with van der Waals surface area (Å²) in [6, 6.07) is 0. The molecule has 0 saturated carbocycles. The quantitative estimate of drug-likeness (QED) is 0.723. The van der Waals surface area contributed by atoms with E-state index in [-0.39, 0.29) is 12.0 Å². The summed E-state index contributed by atoms with van der Waals surface area (Å²) >= 11 is 0. The highest BCUT2D eigenvalue weighted by molar-refractivity contribution is 4.87. The van der Waals surface area contributed by atoms with E-state index in [4.69, 9.17) is 9.63 Å². The number of hydrogen-bond donors (Lipinski definition) is 1. The molecule has 68 valence electrons. The highest BCUT2D eigenvalue weighted by atomic mass is 16.5. The van der Waals surface area contributed by atoms with Crippen LogP contribution in [-0.4, -0.2) is 15.2 Å². The van der Waals surface area contributed by atoms with Crippen LogP contribution in [0.1, 0.15) is 32.5 Å². The van der Waals surface area contributed by atoms with Crippen LogP contribution in [0.5, 0.6) is 0 Å². The lowest BCUT2D eigenvalue weighted by molar-refractivity contribution is 0.261. The third-order valence-corrected chi connectivity index (χ3v) is 1.33. The van der Waals surface area contributed by atoms with E-state index in [0.29, 0.717) is 11.7 Å². The molecule has 0 fully saturated rings. The van der Waals surface area contributed by atoms with Crippen molar-refractivity contribution in [3.8, 4) is 0 Å². The monoisotopic (exact) mass is 170 g/mol. The summed E-state index contributed by atoms with van der Waals surface area (Å²) in [5.41, 5.74) is 0.138. The topological polar surface area (TPSA) is 59.2 Å². The van der Waals surface area contributed by atoms with E-state index in [0.717, 1.165) is 6.42 Å². The standard InChI is InChI=1S/C8H14N2O2/c1-8(2,3)4-7-9-6(5-11)10-12-7/h11H,4-5H2,1-3H3. The molecule has 1 rings (SSSR count). The molecule has 1 aromatic rings. The molecule has 0 unspecified atom stereocenters. The predicted molar refractivity (Wildman–Crippen MR) is 43.4 cm³/mol. The minimum absolute atomic E-state index is 0.138. The zero-order valence-corrected chi connectivity index (χ0v) is 7.66. The lowest BCUT2D eigenvalue weighted by Crippen LogP contribution is -2.09. The van der Waals surface area contributed by atoms with Crippen LogP contribution in [0.2, 0.25) is 0 Å². The second-order valence-corrected chi connectivity index (χ2v) is 4.00. The van der Waals surface area contributed by atoms with Crippen LogP contribution in [0.4, 0.5) is 0 Å². The van der Waals surface area contributed by atoms with E-state index in [9.17, 15) is 0 Å². The van der Waals surface area contributed by atoms with E-state index in [2.05, 4.69) is 30.9 Å². The van der Waals surface area contributed by atoms with Crippen molar-refractivity contribution < 1.29 is 9.63 Å². The number of rotatable bonds is 2. The summed E-state index contributed by atoms with van der Waals surface area (Å²) < 4.78 is 4.91. The molecule has 0 atom stereocenters. The van der Waals surface area contributed by atoms with Crippen molar-refractivity contribution in [2.24, 2.45) is 5.41 Å². The lowest BCUT2D eigenvalue weighted by atomic mass is 9.92. The van der Waals surface area contributed by atoms with Gasteiger partial charge in [0.25, 0.3) is 0 Å². The van der Waals surface area contributed by atoms with E-state index >= 15 is 0 Å². The van der Waals surface area contributed by atoms with Gasteiger partial charge >= 0.3 is 0 Å². The molecular weight excluding hydrogens is 156 g/mol. The summed E-state index contributed by atoms with van der Waals surface area (Å²) in [6.45, 7) is 6.12. The maximum atomic E-state index is 8.66. The molecule has 0 amide bonds. The van der Waals surface area contributed by atoms with Gasteiger partial charge in [0.15, 0.2) is 5.82 Å². The van der Waals surface area contributed by atoms with Crippen LogP contribution in [-0.2, 0) is 13.0 Å². The number of nitrogens with zero attached hydrogens (tertiary/aromatic N) is 2. The van der Waals surface area contributed by atoms with E-state index in [1.165, 1.54) is 0 Å². The van der Waals surface area contributed by atoms with Crippen molar-refractivity contribution in [3.05, 3.63) is 11.7 Å². The Hall–Kier alpha value is -0.900. The Labute approximate surface area is 71.6 Å². The molecule has 4 heteroatoms. The van der Waals surface area contributed by atoms with Crippen molar-refractivity contribution in [1.82, 2.24) is 10.1 Å². The number of aromatic nitrogens is 2. The molecule has 0 bridgehead atoms. The van der Waals surface area contributed by atoms with E-state index in [1.807, 2.05) is 0 Å². The summed E-state index contributed by atoms with van der Waals surface area (Å²) in [7, 11) is 0. The Morgan fingerprint density at radius 2 is 2.08 bits per heavy atom. The predicted octanol–water partition coefficient (Wildman–Crippen LogP) is 1.15. The normalized spacial score (nSPS) is 12.0. The molecule has 0 radical (unpaired) electrons. The van der Waals surface area contributed by atoms with Crippen LogP contribution in [0.25, 0.3) is 0 Å². The van der Waals surface area contributed by atoms with Crippen LogP contribution in [0.3, 0.4) is 0 Å². The van der Waals surface area contributed by atoms with Gasteiger partial charge in [0.05, 0.1) is 0 Å². The Balaban J connectivity index is 2.64. The van der Waals surface area contributed by atoms with Gasteiger partial charge < -0.3 is 9.63 Å². The number of hydrogen-bond acceptors (Lipinski definition) is 4. The van der Waals surface area contributed by atoms with E-state index < -0.39 is 0 Å². The third-order valence-electron chi connectivity index (χ3n) is 1.33. The van der Waals surface area contributed by atoms with Gasteiger partial charge in [0.2, 0.25) is 5.89 Å². The van der Waals surface area contributed by atoms with E-state index in [1.54, 1.807) is 0 Å². The minimum atomic E-state index is -0.159. The molecule has 0 aliphatic carbocycles. The first-order chi connectivity index (χ1) is 5.51. The molecule has 1 N–H and O–H groups in total. The van der Waals surface area contributed by atoms with Crippen molar-refractivity contribution in [2.45, 2.75) is 33.8 Å². The first kappa shape index (κ1) is 9.19. The highest BCUT2D eigenvalue weighted by Gasteiger charge is 2.16. The third kappa shape index (κ3) is 2.62. The fraction of sp³-hybridized carbons (Fsp3) is 0.750. The van der Waals surface area contributed by atoms with Gasteiger partial charge in [-0.05, 0) is 5.41 Å². The largest absolute Gasteiger partial charge is 0.388 e. The second kappa shape index (κ2) is 3.23. The Morgan fingerprint density at radius 3 is 2.50 bits per heavy atom. The highest BCUT2D eigenvalue weighted by Crippen LogP contribution is 2.18. The maximum Gasteiger partial charge on any atom is 0.227 e. The van der Waals surface area contributed by atoms with Gasteiger partial charge in [0.1, 0.15) is 6.61 Å². The van der Waals surface area contributed by atoms with Crippen LogP contribution < -0.4 is 0 Å². The molecular formula is C8H14N2O2. The van der Waals surface area contributed by atoms with Crippen LogP contribution >= 0.6 is 0 Å². The summed E-state index contributed by atoms with van der Waals surface area (Å²) in [4.78, 5) is 3.99. The smallest absolute Gasteiger partial charge is 0.227 e. The molecule has 1 aromatic heterocycles. The fourth-order valence-corrected chi connectivity index (χ4v) is 0.880. The Morgan fingerprint density at radius 1 is 1.42 bits per heavy atom.